The monoisotopic (exact) mass is 166 g/mol. The molecule has 1 spiro atoms. The van der Waals surface area contributed by atoms with Gasteiger partial charge in [-0.25, -0.2) is 0 Å². The highest BCUT2D eigenvalue weighted by Crippen LogP contribution is 2.48. The predicted molar refractivity (Wildman–Crippen MR) is 48.9 cm³/mol. The summed E-state index contributed by atoms with van der Waals surface area (Å²) in [4.78, 5) is 2.61. The zero-order valence-electron chi connectivity index (χ0n) is 7.63. The van der Waals surface area contributed by atoms with E-state index in [0.717, 1.165) is 11.5 Å². The fraction of sp³-hybridized carbons (Fsp3) is 1.00. The first-order chi connectivity index (χ1) is 5.79. The van der Waals surface area contributed by atoms with Crippen molar-refractivity contribution in [2.24, 2.45) is 11.1 Å². The van der Waals surface area contributed by atoms with Gasteiger partial charge < -0.3 is 5.73 Å². The summed E-state index contributed by atoms with van der Waals surface area (Å²) >= 11 is 0. The van der Waals surface area contributed by atoms with E-state index in [2.05, 4.69) is 4.90 Å². The maximum atomic E-state index is 5.82. The van der Waals surface area contributed by atoms with Gasteiger partial charge in [0.05, 0.1) is 0 Å². The Balaban J connectivity index is 1.57. The molecule has 2 aliphatic carbocycles. The molecule has 0 aromatic rings. The molecule has 3 aliphatic rings. The van der Waals surface area contributed by atoms with Crippen LogP contribution in [0.25, 0.3) is 0 Å². The van der Waals surface area contributed by atoms with Crippen LogP contribution in [-0.4, -0.2) is 30.1 Å². The normalized spacial score (nSPS) is 44.8. The minimum Gasteiger partial charge on any atom is -0.326 e. The maximum absolute atomic E-state index is 5.82. The van der Waals surface area contributed by atoms with E-state index in [1.807, 2.05) is 0 Å². The molecule has 2 nitrogen and oxygen atoms in total. The molecule has 0 aromatic carbocycles. The molecule has 2 heteroatoms. The van der Waals surface area contributed by atoms with Crippen LogP contribution in [0.4, 0.5) is 0 Å². The lowest BCUT2D eigenvalue weighted by Gasteiger charge is -2.49. The van der Waals surface area contributed by atoms with E-state index in [1.54, 1.807) is 0 Å². The summed E-state index contributed by atoms with van der Waals surface area (Å²) in [6.45, 7) is 2.73. The summed E-state index contributed by atoms with van der Waals surface area (Å²) in [5.74, 6) is 0. The molecule has 1 saturated heterocycles. The smallest absolute Gasteiger partial charge is 0.0263 e. The first-order valence-electron chi connectivity index (χ1n) is 5.29. The lowest BCUT2D eigenvalue weighted by atomic mass is 9.78. The van der Waals surface area contributed by atoms with Gasteiger partial charge in [-0.3, -0.25) is 4.90 Å². The SMILES string of the molecule is NC1CC1N1CC2(CCCC2)C1. The third-order valence-electron chi connectivity index (χ3n) is 4.01. The molecule has 0 radical (unpaired) electrons. The summed E-state index contributed by atoms with van der Waals surface area (Å²) in [7, 11) is 0. The first kappa shape index (κ1) is 7.34. The van der Waals surface area contributed by atoms with Crippen molar-refractivity contribution in [2.75, 3.05) is 13.1 Å². The Hall–Kier alpha value is -0.0800. The largest absolute Gasteiger partial charge is 0.326 e. The molecule has 0 aromatic heterocycles. The minimum atomic E-state index is 0.517. The summed E-state index contributed by atoms with van der Waals surface area (Å²) in [6, 6.07) is 1.29. The quantitative estimate of drug-likeness (QED) is 0.628. The van der Waals surface area contributed by atoms with Crippen LogP contribution >= 0.6 is 0 Å². The van der Waals surface area contributed by atoms with Crippen molar-refractivity contribution in [3.63, 3.8) is 0 Å². The minimum absolute atomic E-state index is 0.517. The first-order valence-corrected chi connectivity index (χ1v) is 5.29. The van der Waals surface area contributed by atoms with Crippen molar-refractivity contribution in [3.8, 4) is 0 Å². The molecule has 3 fully saturated rings. The number of nitrogens with two attached hydrogens (primary N) is 1. The Morgan fingerprint density at radius 3 is 2.25 bits per heavy atom. The predicted octanol–water partition coefficient (Wildman–Crippen LogP) is 0.962. The molecule has 2 atom stereocenters. The summed E-state index contributed by atoms with van der Waals surface area (Å²) in [5, 5.41) is 0. The highest BCUT2D eigenvalue weighted by Gasteiger charge is 2.51. The third kappa shape index (κ3) is 0.944. The summed E-state index contributed by atoms with van der Waals surface area (Å²) < 4.78 is 0. The summed E-state index contributed by atoms with van der Waals surface area (Å²) in [5.41, 5.74) is 6.59. The van der Waals surface area contributed by atoms with Crippen LogP contribution in [0.15, 0.2) is 0 Å². The average molecular weight is 166 g/mol. The molecule has 68 valence electrons. The highest BCUT2D eigenvalue weighted by molar-refractivity contribution is 5.08. The molecular weight excluding hydrogens is 148 g/mol. The van der Waals surface area contributed by atoms with Gasteiger partial charge in [0.15, 0.2) is 0 Å². The Morgan fingerprint density at radius 2 is 1.75 bits per heavy atom. The fourth-order valence-corrected chi connectivity index (χ4v) is 3.11. The van der Waals surface area contributed by atoms with Crippen LogP contribution in [0.1, 0.15) is 32.1 Å². The Labute approximate surface area is 74.1 Å². The molecule has 3 rings (SSSR count). The van der Waals surface area contributed by atoms with Gasteiger partial charge >= 0.3 is 0 Å². The molecule has 2 unspecified atom stereocenters. The lowest BCUT2D eigenvalue weighted by molar-refractivity contribution is -0.00172. The average Bonchev–Trinajstić information content (AvgIpc) is 2.53. The van der Waals surface area contributed by atoms with Gasteiger partial charge in [0, 0.05) is 25.2 Å². The van der Waals surface area contributed by atoms with Crippen LogP contribution in [0.5, 0.6) is 0 Å². The van der Waals surface area contributed by atoms with E-state index in [0.29, 0.717) is 6.04 Å². The Bertz CT molecular complexity index is 188. The molecular formula is C10H18N2. The van der Waals surface area contributed by atoms with E-state index in [9.17, 15) is 0 Å². The Morgan fingerprint density at radius 1 is 1.17 bits per heavy atom. The summed E-state index contributed by atoms with van der Waals surface area (Å²) in [6.07, 6.45) is 7.20. The fourth-order valence-electron chi connectivity index (χ4n) is 3.11. The molecule has 2 N–H and O–H groups in total. The molecule has 0 bridgehead atoms. The van der Waals surface area contributed by atoms with Crippen molar-refractivity contribution in [3.05, 3.63) is 0 Å². The standard InChI is InChI=1S/C10H18N2/c11-8-5-9(8)12-6-10(7-12)3-1-2-4-10/h8-9H,1-7,11H2. The molecule has 0 amide bonds. The maximum Gasteiger partial charge on any atom is 0.0263 e. The van der Waals surface area contributed by atoms with Crippen molar-refractivity contribution >= 4 is 0 Å². The number of hydrogen-bond acceptors (Lipinski definition) is 2. The van der Waals surface area contributed by atoms with E-state index < -0.39 is 0 Å². The van der Waals surface area contributed by atoms with Gasteiger partial charge in [0.1, 0.15) is 0 Å². The van der Waals surface area contributed by atoms with Gasteiger partial charge in [-0.05, 0) is 24.7 Å². The molecule has 2 saturated carbocycles. The van der Waals surface area contributed by atoms with Gasteiger partial charge in [0.2, 0.25) is 0 Å². The topological polar surface area (TPSA) is 29.3 Å². The van der Waals surface area contributed by atoms with Crippen LogP contribution in [-0.2, 0) is 0 Å². The highest BCUT2D eigenvalue weighted by atomic mass is 15.3. The van der Waals surface area contributed by atoms with E-state index in [-0.39, 0.29) is 0 Å². The number of hydrogen-bond donors (Lipinski definition) is 1. The van der Waals surface area contributed by atoms with Gasteiger partial charge in [-0.15, -0.1) is 0 Å². The zero-order chi connectivity index (χ0) is 8.18. The second-order valence-corrected chi connectivity index (χ2v) is 5.08. The van der Waals surface area contributed by atoms with Crippen molar-refractivity contribution in [1.29, 1.82) is 0 Å². The zero-order valence-corrected chi connectivity index (χ0v) is 7.63. The number of nitrogens with zero attached hydrogens (tertiary/aromatic N) is 1. The second-order valence-electron chi connectivity index (χ2n) is 5.08. The van der Waals surface area contributed by atoms with E-state index >= 15 is 0 Å². The van der Waals surface area contributed by atoms with Crippen LogP contribution in [0.3, 0.4) is 0 Å². The van der Waals surface area contributed by atoms with Gasteiger partial charge in [0.25, 0.3) is 0 Å². The Kier molecular flexibility index (Phi) is 1.37. The number of likely N-dealkylation sites (tertiary alicyclic amines) is 1. The van der Waals surface area contributed by atoms with Crippen LogP contribution in [0, 0.1) is 5.41 Å². The van der Waals surface area contributed by atoms with E-state index in [1.165, 1.54) is 45.2 Å². The van der Waals surface area contributed by atoms with Gasteiger partial charge in [-0.1, -0.05) is 12.8 Å². The van der Waals surface area contributed by atoms with Gasteiger partial charge in [-0.2, -0.15) is 0 Å². The van der Waals surface area contributed by atoms with E-state index in [4.69, 9.17) is 5.73 Å². The molecule has 12 heavy (non-hydrogen) atoms. The van der Waals surface area contributed by atoms with Crippen LogP contribution < -0.4 is 5.73 Å². The van der Waals surface area contributed by atoms with Crippen LogP contribution in [0.2, 0.25) is 0 Å². The lowest BCUT2D eigenvalue weighted by Crippen LogP contribution is -2.56. The molecule has 1 aliphatic heterocycles. The third-order valence-corrected chi connectivity index (χ3v) is 4.01. The number of rotatable bonds is 1. The van der Waals surface area contributed by atoms with Crippen molar-refractivity contribution in [1.82, 2.24) is 4.90 Å². The molecule has 1 heterocycles. The second kappa shape index (κ2) is 2.24. The van der Waals surface area contributed by atoms with Crippen molar-refractivity contribution in [2.45, 2.75) is 44.2 Å². The van der Waals surface area contributed by atoms with Crippen molar-refractivity contribution < 1.29 is 0 Å².